The predicted octanol–water partition coefficient (Wildman–Crippen LogP) is 5.14. The Morgan fingerprint density at radius 3 is 2.50 bits per heavy atom. The van der Waals surface area contributed by atoms with Crippen LogP contribution in [0.2, 0.25) is 0 Å². The number of sulfonamides is 1. The van der Waals surface area contributed by atoms with Crippen molar-refractivity contribution in [3.63, 3.8) is 0 Å². The number of hydrogen-bond donors (Lipinski definition) is 3. The first kappa shape index (κ1) is 33.6. The predicted molar refractivity (Wildman–Crippen MR) is 193 cm³/mol. The number of carboxylic acid groups (broad SMARTS) is 1. The van der Waals surface area contributed by atoms with Crippen LogP contribution < -0.4 is 24.4 Å². The molecule has 0 radical (unpaired) electrons. The second kappa shape index (κ2) is 13.6. The van der Waals surface area contributed by atoms with Crippen molar-refractivity contribution >= 4 is 49.6 Å². The van der Waals surface area contributed by atoms with Crippen LogP contribution in [0.15, 0.2) is 78.1 Å². The summed E-state index contributed by atoms with van der Waals surface area (Å²) >= 11 is 0. The van der Waals surface area contributed by atoms with Gasteiger partial charge in [-0.1, -0.05) is 0 Å². The second-order valence-electron chi connectivity index (χ2n) is 12.9. The van der Waals surface area contributed by atoms with Crippen LogP contribution in [0.25, 0.3) is 22.0 Å². The molecule has 3 aliphatic heterocycles. The topological polar surface area (TPSA) is 155 Å². The number of nitrogens with one attached hydrogen (secondary N) is 2. The molecule has 3 aromatic carbocycles. The Labute approximate surface area is 299 Å². The van der Waals surface area contributed by atoms with E-state index < -0.39 is 21.8 Å². The van der Waals surface area contributed by atoms with Crippen molar-refractivity contribution in [1.82, 2.24) is 14.9 Å². The van der Waals surface area contributed by atoms with Gasteiger partial charge in [0.15, 0.2) is 0 Å². The van der Waals surface area contributed by atoms with Crippen LogP contribution in [0, 0.1) is 5.82 Å². The third-order valence-electron chi connectivity index (χ3n) is 9.67. The van der Waals surface area contributed by atoms with Gasteiger partial charge in [0.05, 0.1) is 61.3 Å². The first-order valence-electron chi connectivity index (χ1n) is 16.8. The number of nitrogens with zero attached hydrogens (tertiary/aromatic N) is 4. The lowest BCUT2D eigenvalue weighted by Crippen LogP contribution is -2.56. The maximum absolute atomic E-state index is 16.6. The lowest BCUT2D eigenvalue weighted by Gasteiger charge is -2.43. The lowest BCUT2D eigenvalue weighted by atomic mass is 10.0. The molecule has 52 heavy (non-hydrogen) atoms. The highest BCUT2D eigenvalue weighted by molar-refractivity contribution is 7.93. The smallest absolute Gasteiger partial charge is 0.335 e. The van der Waals surface area contributed by atoms with Crippen molar-refractivity contribution < 1.29 is 36.9 Å². The summed E-state index contributed by atoms with van der Waals surface area (Å²) in [5.74, 6) is -0.751. The fourth-order valence-corrected chi connectivity index (χ4v) is 8.00. The van der Waals surface area contributed by atoms with E-state index in [0.717, 1.165) is 24.8 Å². The van der Waals surface area contributed by atoms with Crippen LogP contribution >= 0.6 is 0 Å². The average molecular weight is 727 g/mol. The molecule has 268 valence electrons. The molecule has 15 heteroatoms. The lowest BCUT2D eigenvalue weighted by molar-refractivity contribution is -0.0660. The second-order valence-corrected chi connectivity index (χ2v) is 14.5. The first-order chi connectivity index (χ1) is 25.2. The molecule has 2 saturated heterocycles. The number of rotatable bonds is 10. The molecular weight excluding hydrogens is 692 g/mol. The summed E-state index contributed by atoms with van der Waals surface area (Å²) in [6.45, 7) is 4.77. The molecule has 8 rings (SSSR count). The number of methoxy groups -OCH3 is 1. The maximum Gasteiger partial charge on any atom is 0.335 e. The minimum atomic E-state index is -4.39. The number of carboxylic acids is 1. The van der Waals surface area contributed by atoms with Crippen molar-refractivity contribution in [2.45, 2.75) is 17.4 Å². The van der Waals surface area contributed by atoms with Gasteiger partial charge in [-0.3, -0.25) is 19.6 Å². The molecular formula is C37H35FN6O7S. The highest BCUT2D eigenvalue weighted by Gasteiger charge is 2.30. The third kappa shape index (κ3) is 6.42. The number of ether oxygens (including phenoxy) is 3. The molecule has 0 amide bonds. The zero-order valence-corrected chi connectivity index (χ0v) is 29.0. The largest absolute Gasteiger partial charge is 0.497 e. The number of piperazine rings is 1. The zero-order valence-electron chi connectivity index (χ0n) is 28.1. The quantitative estimate of drug-likeness (QED) is 0.175. The van der Waals surface area contributed by atoms with Crippen molar-refractivity contribution in [2.24, 2.45) is 0 Å². The van der Waals surface area contributed by atoms with E-state index in [-0.39, 0.29) is 38.4 Å². The van der Waals surface area contributed by atoms with Crippen LogP contribution in [-0.2, 0) is 21.2 Å². The number of anilines is 4. The van der Waals surface area contributed by atoms with Crippen LogP contribution in [0.5, 0.6) is 11.5 Å². The van der Waals surface area contributed by atoms with Gasteiger partial charge in [-0.05, 0) is 60.2 Å². The molecule has 5 heterocycles. The Balaban J connectivity index is 1.22. The molecule has 5 aromatic rings. The van der Waals surface area contributed by atoms with Crippen molar-refractivity contribution in [2.75, 3.05) is 68.0 Å². The van der Waals surface area contributed by atoms with Crippen molar-refractivity contribution in [3.05, 3.63) is 90.1 Å². The molecule has 0 bridgehead atoms. The number of aromatic nitrogens is 2. The summed E-state index contributed by atoms with van der Waals surface area (Å²) in [7, 11) is -2.88. The number of pyridine rings is 2. The summed E-state index contributed by atoms with van der Waals surface area (Å²) in [5, 5.41) is 13.1. The summed E-state index contributed by atoms with van der Waals surface area (Å²) in [6.07, 6.45) is 5.16. The van der Waals surface area contributed by atoms with E-state index in [1.54, 1.807) is 54.9 Å². The maximum atomic E-state index is 16.6. The number of hydrogen-bond acceptors (Lipinski definition) is 11. The van der Waals surface area contributed by atoms with E-state index in [1.165, 1.54) is 19.2 Å². The molecule has 0 saturated carbocycles. The minimum Gasteiger partial charge on any atom is -0.497 e. The molecule has 2 aromatic heterocycles. The van der Waals surface area contributed by atoms with Gasteiger partial charge in [-0.15, -0.1) is 0 Å². The van der Waals surface area contributed by atoms with E-state index in [9.17, 15) is 18.3 Å². The van der Waals surface area contributed by atoms with Gasteiger partial charge in [-0.25, -0.2) is 17.6 Å². The van der Waals surface area contributed by atoms with Crippen LogP contribution in [-0.4, -0.2) is 93.5 Å². The number of fused-ring (bicyclic) bond motifs is 2. The van der Waals surface area contributed by atoms with E-state index >= 15 is 4.39 Å². The Kier molecular flexibility index (Phi) is 8.77. The Morgan fingerprint density at radius 2 is 1.79 bits per heavy atom. The molecule has 0 atom stereocenters. The van der Waals surface area contributed by atoms with Crippen LogP contribution in [0.3, 0.4) is 0 Å². The van der Waals surface area contributed by atoms with Gasteiger partial charge < -0.3 is 29.5 Å². The third-order valence-corrected chi connectivity index (χ3v) is 11.1. The number of halogens is 1. The zero-order chi connectivity index (χ0) is 36.0. The van der Waals surface area contributed by atoms with Crippen LogP contribution in [0.4, 0.5) is 27.1 Å². The Bertz CT molecular complexity index is 2300. The summed E-state index contributed by atoms with van der Waals surface area (Å²) in [5.41, 5.74) is 3.16. The standard InChI is InChI=1S/C37H35FN6O7S/c1-49-29-4-2-25(3-5-29)42-52(47,48)33-19-40-32-15-23(30-18-39-17-22-6-11-51-36(22)30)14-31(38)34(32)35(33)41-26-12-24(37(45)46)13-27(16-26)43-7-9-44(10-8-43)28-20-50-21-28/h2-5,12-19,28,42H,6-11,20-21H2,1H3,(H,40,41)(H,45,46). The highest BCUT2D eigenvalue weighted by Crippen LogP contribution is 2.41. The van der Waals surface area contributed by atoms with Gasteiger partial charge in [0.2, 0.25) is 0 Å². The van der Waals surface area contributed by atoms with E-state index in [0.29, 0.717) is 73.7 Å². The monoisotopic (exact) mass is 726 g/mol. The van der Waals surface area contributed by atoms with E-state index in [1.807, 2.05) is 0 Å². The number of benzene rings is 3. The molecule has 2 fully saturated rings. The van der Waals surface area contributed by atoms with Crippen molar-refractivity contribution in [1.29, 1.82) is 0 Å². The van der Waals surface area contributed by atoms with Gasteiger partial charge in [-0.2, -0.15) is 0 Å². The Morgan fingerprint density at radius 1 is 1.00 bits per heavy atom. The summed E-state index contributed by atoms with van der Waals surface area (Å²) in [4.78, 5) is 25.2. The Hall–Kier alpha value is -5.51. The molecule has 0 unspecified atom stereocenters. The molecule has 0 aliphatic carbocycles. The minimum absolute atomic E-state index is 0.0119. The molecule has 3 N–H and O–H groups in total. The van der Waals surface area contributed by atoms with Crippen molar-refractivity contribution in [3.8, 4) is 22.6 Å². The van der Waals surface area contributed by atoms with Gasteiger partial charge in [0.1, 0.15) is 22.2 Å². The highest BCUT2D eigenvalue weighted by atomic mass is 32.2. The molecule has 3 aliphatic rings. The van der Waals surface area contributed by atoms with Gasteiger partial charge >= 0.3 is 5.97 Å². The number of carbonyl (C=O) groups is 1. The fourth-order valence-electron chi connectivity index (χ4n) is 6.83. The normalized spacial score (nSPS) is 16.2. The number of aromatic carboxylic acids is 1. The molecule has 0 spiro atoms. The average Bonchev–Trinajstić information content (AvgIpc) is 3.60. The van der Waals surface area contributed by atoms with E-state index in [4.69, 9.17) is 14.2 Å². The fraction of sp³-hybridized carbons (Fsp3) is 0.270. The molecule has 13 nitrogen and oxygen atoms in total. The van der Waals surface area contributed by atoms with E-state index in [2.05, 4.69) is 29.8 Å². The summed E-state index contributed by atoms with van der Waals surface area (Å²) in [6, 6.07) is 14.4. The van der Waals surface area contributed by atoms with Gasteiger partial charge in [0.25, 0.3) is 10.0 Å². The van der Waals surface area contributed by atoms with Crippen LogP contribution in [0.1, 0.15) is 15.9 Å². The van der Waals surface area contributed by atoms with Gasteiger partial charge in [0, 0.05) is 73.2 Å². The first-order valence-corrected chi connectivity index (χ1v) is 18.3. The summed E-state index contributed by atoms with van der Waals surface area (Å²) < 4.78 is 63.6. The SMILES string of the molecule is COc1ccc(NS(=O)(=O)c2cnc3cc(-c4cncc5c4OCC5)cc(F)c3c2Nc2cc(C(=O)O)cc(N3CCN(C4COC4)CC3)c2)cc1.